The van der Waals surface area contributed by atoms with Gasteiger partial charge in [-0.05, 0) is 48.9 Å². The minimum absolute atomic E-state index is 0.0306. The summed E-state index contributed by atoms with van der Waals surface area (Å²) in [5, 5.41) is 3.04. The highest BCUT2D eigenvalue weighted by Gasteiger charge is 2.33. The highest BCUT2D eigenvalue weighted by Crippen LogP contribution is 2.24. The summed E-state index contributed by atoms with van der Waals surface area (Å²) in [6.07, 6.45) is 3.41. The number of sulfonamides is 1. The average Bonchev–Trinajstić information content (AvgIpc) is 2.82. The van der Waals surface area contributed by atoms with Gasteiger partial charge in [-0.2, -0.15) is 4.31 Å². The zero-order valence-corrected chi connectivity index (χ0v) is 18.7. The minimum Gasteiger partial charge on any atom is -0.356 e. The molecular weight excluding hydrogens is 410 g/mol. The van der Waals surface area contributed by atoms with Crippen LogP contribution >= 0.6 is 0 Å². The maximum Gasteiger partial charge on any atom is 0.243 e. The number of rotatable bonds is 7. The lowest BCUT2D eigenvalue weighted by molar-refractivity contribution is -0.126. The molecule has 1 saturated heterocycles. The summed E-state index contributed by atoms with van der Waals surface area (Å²) in [4.78, 5) is 15.4. The third-order valence-electron chi connectivity index (χ3n) is 6.30. The Bertz CT molecular complexity index is 994. The molecule has 7 heteroatoms. The molecule has 2 aliphatic heterocycles. The van der Waals surface area contributed by atoms with Gasteiger partial charge in [0.15, 0.2) is 0 Å². The number of hydrogen-bond donors (Lipinski definition) is 1. The van der Waals surface area contributed by atoms with Crippen LogP contribution < -0.4 is 5.32 Å². The summed E-state index contributed by atoms with van der Waals surface area (Å²) < 4.78 is 27.2. The van der Waals surface area contributed by atoms with E-state index in [1.54, 1.807) is 30.3 Å². The number of fused-ring (bicyclic) bond motifs is 1. The lowest BCUT2D eigenvalue weighted by Gasteiger charge is -2.31. The topological polar surface area (TPSA) is 69.7 Å². The summed E-state index contributed by atoms with van der Waals surface area (Å²) in [5.74, 6) is -0.314. The Morgan fingerprint density at radius 3 is 2.55 bits per heavy atom. The van der Waals surface area contributed by atoms with E-state index in [9.17, 15) is 13.2 Å². The van der Waals surface area contributed by atoms with Crippen molar-refractivity contribution in [3.8, 4) is 0 Å². The number of amides is 1. The molecular formula is C24H31N3O3S. The van der Waals surface area contributed by atoms with Gasteiger partial charge in [0.25, 0.3) is 0 Å². The van der Waals surface area contributed by atoms with Crippen molar-refractivity contribution in [3.63, 3.8) is 0 Å². The first-order valence-corrected chi connectivity index (χ1v) is 12.6. The molecule has 166 valence electrons. The Balaban J connectivity index is 1.23. The highest BCUT2D eigenvalue weighted by molar-refractivity contribution is 7.89. The zero-order valence-electron chi connectivity index (χ0n) is 17.9. The van der Waals surface area contributed by atoms with E-state index in [1.165, 1.54) is 15.4 Å². The summed E-state index contributed by atoms with van der Waals surface area (Å²) in [6, 6.07) is 17.1. The number of nitrogens with zero attached hydrogens (tertiary/aromatic N) is 2. The maximum atomic E-state index is 12.9. The van der Waals surface area contributed by atoms with Crippen molar-refractivity contribution in [3.05, 3.63) is 65.7 Å². The number of carbonyl (C=O) groups is 1. The van der Waals surface area contributed by atoms with Gasteiger partial charge < -0.3 is 5.32 Å². The van der Waals surface area contributed by atoms with Crippen LogP contribution in [0.4, 0.5) is 0 Å². The van der Waals surface area contributed by atoms with E-state index in [2.05, 4.69) is 34.5 Å². The molecule has 2 aliphatic rings. The lowest BCUT2D eigenvalue weighted by Crippen LogP contribution is -2.45. The van der Waals surface area contributed by atoms with Gasteiger partial charge in [0.05, 0.1) is 10.8 Å². The average molecular weight is 442 g/mol. The standard InChI is InChI=1S/C24H31N3O3S/c28-24(25-14-7-15-26-17-13-20-8-4-5-9-21(20)18-26)22-10-6-16-27(19-22)31(29,30)23-11-2-1-3-12-23/h1-5,8-9,11-12,22H,6-7,10,13-19H2,(H,25,28). The second kappa shape index (κ2) is 9.94. The van der Waals surface area contributed by atoms with Gasteiger partial charge in [-0.3, -0.25) is 9.69 Å². The van der Waals surface area contributed by atoms with Gasteiger partial charge >= 0.3 is 0 Å². The number of benzene rings is 2. The van der Waals surface area contributed by atoms with Crippen LogP contribution in [0.25, 0.3) is 0 Å². The minimum atomic E-state index is -3.55. The molecule has 1 atom stereocenters. The Morgan fingerprint density at radius 2 is 1.74 bits per heavy atom. The van der Waals surface area contributed by atoms with Crippen LogP contribution in [-0.4, -0.2) is 56.3 Å². The number of hydrogen-bond acceptors (Lipinski definition) is 4. The second-order valence-corrected chi connectivity index (χ2v) is 10.4. The number of piperidine rings is 1. The number of carbonyl (C=O) groups excluding carboxylic acids is 1. The first-order chi connectivity index (χ1) is 15.0. The maximum absolute atomic E-state index is 12.9. The van der Waals surface area contributed by atoms with Crippen molar-refractivity contribution < 1.29 is 13.2 Å². The number of nitrogens with one attached hydrogen (secondary N) is 1. The summed E-state index contributed by atoms with van der Waals surface area (Å²) in [6.45, 7) is 4.33. The van der Waals surface area contributed by atoms with Gasteiger partial charge in [-0.15, -0.1) is 0 Å². The van der Waals surface area contributed by atoms with Crippen LogP contribution in [0.2, 0.25) is 0 Å². The molecule has 2 aromatic carbocycles. The molecule has 31 heavy (non-hydrogen) atoms. The third kappa shape index (κ3) is 5.34. The monoisotopic (exact) mass is 441 g/mol. The molecule has 0 aromatic heterocycles. The summed E-state index contributed by atoms with van der Waals surface area (Å²) in [5.41, 5.74) is 2.85. The van der Waals surface area contributed by atoms with E-state index < -0.39 is 10.0 Å². The highest BCUT2D eigenvalue weighted by atomic mass is 32.2. The van der Waals surface area contributed by atoms with Crippen LogP contribution in [0.15, 0.2) is 59.5 Å². The van der Waals surface area contributed by atoms with Gasteiger partial charge in [-0.25, -0.2) is 8.42 Å². The van der Waals surface area contributed by atoms with Crippen molar-refractivity contribution >= 4 is 15.9 Å². The first kappa shape index (κ1) is 22.0. The molecule has 2 aromatic rings. The molecule has 1 amide bonds. The van der Waals surface area contributed by atoms with Crippen LogP contribution in [0, 0.1) is 5.92 Å². The SMILES string of the molecule is O=C(NCCCN1CCc2ccccc2C1)C1CCCN(S(=O)(=O)c2ccccc2)C1. The third-order valence-corrected chi connectivity index (χ3v) is 8.18. The molecule has 0 radical (unpaired) electrons. The molecule has 0 bridgehead atoms. The van der Waals surface area contributed by atoms with Crippen LogP contribution in [-0.2, 0) is 27.8 Å². The van der Waals surface area contributed by atoms with E-state index in [0.717, 1.165) is 38.9 Å². The van der Waals surface area contributed by atoms with E-state index in [1.807, 2.05) is 0 Å². The normalized spacial score (nSPS) is 20.2. The lowest BCUT2D eigenvalue weighted by atomic mass is 9.98. The van der Waals surface area contributed by atoms with Gasteiger partial charge in [-0.1, -0.05) is 42.5 Å². The zero-order chi connectivity index (χ0) is 21.7. The molecule has 4 rings (SSSR count). The molecule has 1 fully saturated rings. The molecule has 0 aliphatic carbocycles. The first-order valence-electron chi connectivity index (χ1n) is 11.2. The molecule has 1 N–H and O–H groups in total. The smallest absolute Gasteiger partial charge is 0.243 e. The molecule has 1 unspecified atom stereocenters. The quantitative estimate of drug-likeness (QED) is 0.671. The van der Waals surface area contributed by atoms with Crippen LogP contribution in [0.3, 0.4) is 0 Å². The second-order valence-electron chi connectivity index (χ2n) is 8.45. The van der Waals surface area contributed by atoms with Crippen LogP contribution in [0.5, 0.6) is 0 Å². The molecule has 2 heterocycles. The van der Waals surface area contributed by atoms with Crippen molar-refractivity contribution in [2.24, 2.45) is 5.92 Å². The Hall–Kier alpha value is -2.22. The molecule has 0 spiro atoms. The van der Waals surface area contributed by atoms with E-state index in [4.69, 9.17) is 0 Å². The van der Waals surface area contributed by atoms with Gasteiger partial charge in [0.1, 0.15) is 0 Å². The summed E-state index contributed by atoms with van der Waals surface area (Å²) >= 11 is 0. The van der Waals surface area contributed by atoms with Crippen molar-refractivity contribution in [2.45, 2.75) is 37.1 Å². The Kier molecular flexibility index (Phi) is 7.05. The van der Waals surface area contributed by atoms with Crippen molar-refractivity contribution in [1.82, 2.24) is 14.5 Å². The Labute approximate surface area is 185 Å². The van der Waals surface area contributed by atoms with E-state index in [-0.39, 0.29) is 18.4 Å². The van der Waals surface area contributed by atoms with Crippen molar-refractivity contribution in [1.29, 1.82) is 0 Å². The van der Waals surface area contributed by atoms with Gasteiger partial charge in [0.2, 0.25) is 15.9 Å². The van der Waals surface area contributed by atoms with Crippen molar-refractivity contribution in [2.75, 3.05) is 32.7 Å². The fourth-order valence-electron chi connectivity index (χ4n) is 4.52. The largest absolute Gasteiger partial charge is 0.356 e. The predicted octanol–water partition coefficient (Wildman–Crippen LogP) is 2.65. The van der Waals surface area contributed by atoms with E-state index in [0.29, 0.717) is 24.4 Å². The molecule has 0 saturated carbocycles. The molecule has 6 nitrogen and oxygen atoms in total. The Morgan fingerprint density at radius 1 is 1.00 bits per heavy atom. The predicted molar refractivity (Wildman–Crippen MR) is 121 cm³/mol. The fraction of sp³-hybridized carbons (Fsp3) is 0.458. The van der Waals surface area contributed by atoms with Gasteiger partial charge in [0, 0.05) is 39.3 Å². The fourth-order valence-corrected chi connectivity index (χ4v) is 6.06. The van der Waals surface area contributed by atoms with Crippen LogP contribution in [0.1, 0.15) is 30.4 Å². The summed E-state index contributed by atoms with van der Waals surface area (Å²) in [7, 11) is -3.55. The van der Waals surface area contributed by atoms with E-state index >= 15 is 0 Å².